The second-order valence-corrected chi connectivity index (χ2v) is 5.15. The minimum Gasteiger partial charge on any atom is -0.323 e. The van der Waals surface area contributed by atoms with Crippen molar-refractivity contribution in [3.05, 3.63) is 35.0 Å². The predicted molar refractivity (Wildman–Crippen MR) is 68.4 cm³/mol. The van der Waals surface area contributed by atoms with E-state index in [-0.39, 0.29) is 6.04 Å². The van der Waals surface area contributed by atoms with E-state index in [0.29, 0.717) is 5.39 Å². The van der Waals surface area contributed by atoms with Gasteiger partial charge in [-0.3, -0.25) is 4.68 Å². The fourth-order valence-corrected chi connectivity index (χ4v) is 2.81. The largest absolute Gasteiger partial charge is 0.323 e. The monoisotopic (exact) mass is 250 g/mol. The Labute approximate surface area is 105 Å². The van der Waals surface area contributed by atoms with Gasteiger partial charge >= 0.3 is 0 Å². The highest BCUT2D eigenvalue weighted by atomic mass is 19.2. The van der Waals surface area contributed by atoms with Gasteiger partial charge in [-0.25, -0.2) is 8.78 Å². The van der Waals surface area contributed by atoms with Crippen LogP contribution in [0.15, 0.2) is 12.1 Å². The summed E-state index contributed by atoms with van der Waals surface area (Å²) in [7, 11) is 0. The Morgan fingerprint density at radius 2 is 2.00 bits per heavy atom. The summed E-state index contributed by atoms with van der Waals surface area (Å²) in [6.07, 6.45) is 2.76. The molecule has 2 nitrogen and oxygen atoms in total. The Bertz CT molecular complexity index is 614. The van der Waals surface area contributed by atoms with Crippen LogP contribution < -0.4 is 5.43 Å². The molecular formula is C14H16F2N2. The Kier molecular flexibility index (Phi) is 2.54. The number of hydrogen-bond acceptors (Lipinski definition) is 1. The van der Waals surface area contributed by atoms with E-state index in [0.717, 1.165) is 36.0 Å². The van der Waals surface area contributed by atoms with Crippen molar-refractivity contribution in [2.45, 2.75) is 39.2 Å². The number of nitrogens with one attached hydrogen (secondary N) is 1. The number of benzene rings is 1. The van der Waals surface area contributed by atoms with Gasteiger partial charge in [-0.1, -0.05) is 0 Å². The number of aromatic nitrogens is 1. The molecule has 1 aliphatic carbocycles. The number of hydrogen-bond donors (Lipinski definition) is 1. The summed E-state index contributed by atoms with van der Waals surface area (Å²) in [5.74, 6) is -1.48. The van der Waals surface area contributed by atoms with E-state index >= 15 is 0 Å². The second-order valence-electron chi connectivity index (χ2n) is 5.15. The van der Waals surface area contributed by atoms with Crippen molar-refractivity contribution in [1.82, 2.24) is 4.68 Å². The van der Waals surface area contributed by atoms with Crippen molar-refractivity contribution in [3.63, 3.8) is 0 Å². The van der Waals surface area contributed by atoms with Crippen LogP contribution in [-0.2, 0) is 12.8 Å². The standard InChI is InChI=1S/C14H16F2N2/c1-8(2)17-18-11-5-3-4-9(11)13-12(18)7-6-10(15)14(13)16/h6-8,17H,3-5H2,1-2H3. The van der Waals surface area contributed by atoms with Crippen molar-refractivity contribution in [1.29, 1.82) is 0 Å². The van der Waals surface area contributed by atoms with E-state index in [1.165, 1.54) is 6.07 Å². The Balaban J connectivity index is 2.32. The van der Waals surface area contributed by atoms with Crippen LogP contribution in [0.3, 0.4) is 0 Å². The van der Waals surface area contributed by atoms with Gasteiger partial charge in [0.1, 0.15) is 0 Å². The van der Waals surface area contributed by atoms with E-state index in [9.17, 15) is 8.78 Å². The second kappa shape index (κ2) is 3.97. The highest BCUT2D eigenvalue weighted by Crippen LogP contribution is 2.34. The van der Waals surface area contributed by atoms with Gasteiger partial charge in [0, 0.05) is 17.1 Å². The van der Waals surface area contributed by atoms with Gasteiger partial charge < -0.3 is 5.43 Å². The van der Waals surface area contributed by atoms with Gasteiger partial charge in [-0.15, -0.1) is 0 Å². The van der Waals surface area contributed by atoms with Crippen molar-refractivity contribution in [2.75, 3.05) is 5.43 Å². The van der Waals surface area contributed by atoms with Gasteiger partial charge in [-0.2, -0.15) is 0 Å². The fourth-order valence-electron chi connectivity index (χ4n) is 2.81. The lowest BCUT2D eigenvalue weighted by molar-refractivity contribution is 0.516. The first-order chi connectivity index (χ1) is 8.59. The highest BCUT2D eigenvalue weighted by Gasteiger charge is 2.25. The number of aryl methyl sites for hydroxylation is 1. The summed E-state index contributed by atoms with van der Waals surface area (Å²) in [6, 6.07) is 3.10. The van der Waals surface area contributed by atoms with Gasteiger partial charge in [0.05, 0.1) is 5.52 Å². The summed E-state index contributed by atoms with van der Waals surface area (Å²) in [4.78, 5) is 0. The molecule has 0 unspecified atom stereocenters. The zero-order valence-corrected chi connectivity index (χ0v) is 10.6. The topological polar surface area (TPSA) is 17.0 Å². The Hall–Kier alpha value is -1.58. The molecule has 0 saturated heterocycles. The van der Waals surface area contributed by atoms with Crippen LogP contribution in [0.1, 0.15) is 31.5 Å². The molecule has 0 saturated carbocycles. The molecule has 0 aliphatic heterocycles. The van der Waals surface area contributed by atoms with Crippen LogP contribution in [0.25, 0.3) is 10.9 Å². The molecule has 0 spiro atoms. The first-order valence-electron chi connectivity index (χ1n) is 6.36. The van der Waals surface area contributed by atoms with E-state index in [4.69, 9.17) is 0 Å². The molecule has 3 rings (SSSR count). The Morgan fingerprint density at radius 3 is 2.72 bits per heavy atom. The van der Waals surface area contributed by atoms with E-state index in [1.54, 1.807) is 6.07 Å². The van der Waals surface area contributed by atoms with Gasteiger partial charge in [0.15, 0.2) is 11.6 Å². The molecule has 0 atom stereocenters. The van der Waals surface area contributed by atoms with Crippen LogP contribution in [0, 0.1) is 11.6 Å². The van der Waals surface area contributed by atoms with Crippen LogP contribution >= 0.6 is 0 Å². The highest BCUT2D eigenvalue weighted by molar-refractivity contribution is 5.87. The molecule has 1 heterocycles. The summed E-state index contributed by atoms with van der Waals surface area (Å²) in [5, 5.41) is 0.454. The normalized spacial score (nSPS) is 14.5. The molecule has 0 amide bonds. The maximum absolute atomic E-state index is 14.0. The van der Waals surface area contributed by atoms with E-state index < -0.39 is 11.6 Å². The summed E-state index contributed by atoms with van der Waals surface area (Å²) >= 11 is 0. The summed E-state index contributed by atoms with van der Waals surface area (Å²) in [5.41, 5.74) is 6.11. The lowest BCUT2D eigenvalue weighted by Crippen LogP contribution is -2.23. The van der Waals surface area contributed by atoms with Gasteiger partial charge in [0.2, 0.25) is 0 Å². The predicted octanol–water partition coefficient (Wildman–Crippen LogP) is 3.36. The molecule has 1 aromatic heterocycles. The molecule has 1 aliphatic rings. The molecule has 96 valence electrons. The molecule has 2 aromatic rings. The fraction of sp³-hybridized carbons (Fsp3) is 0.429. The molecule has 0 fully saturated rings. The van der Waals surface area contributed by atoms with Crippen LogP contribution in [0.2, 0.25) is 0 Å². The third-order valence-corrected chi connectivity index (χ3v) is 3.46. The first kappa shape index (κ1) is 11.5. The lowest BCUT2D eigenvalue weighted by atomic mass is 10.1. The van der Waals surface area contributed by atoms with Crippen LogP contribution in [0.4, 0.5) is 8.78 Å². The molecule has 1 N–H and O–H groups in total. The lowest BCUT2D eigenvalue weighted by Gasteiger charge is -2.15. The average molecular weight is 250 g/mol. The minimum atomic E-state index is -0.765. The summed E-state index contributed by atoms with van der Waals surface area (Å²) in [6.45, 7) is 4.07. The van der Waals surface area contributed by atoms with Crippen LogP contribution in [-0.4, -0.2) is 10.7 Å². The van der Waals surface area contributed by atoms with Crippen molar-refractivity contribution in [2.24, 2.45) is 0 Å². The maximum Gasteiger partial charge on any atom is 0.168 e. The van der Waals surface area contributed by atoms with Crippen LogP contribution in [0.5, 0.6) is 0 Å². The number of rotatable bonds is 2. The molecular weight excluding hydrogens is 234 g/mol. The molecule has 0 bridgehead atoms. The summed E-state index contributed by atoms with van der Waals surface area (Å²) < 4.78 is 29.3. The zero-order valence-electron chi connectivity index (χ0n) is 10.6. The zero-order chi connectivity index (χ0) is 12.9. The van der Waals surface area contributed by atoms with Gasteiger partial charge in [-0.05, 0) is 50.8 Å². The molecule has 4 heteroatoms. The number of halogens is 2. The SMILES string of the molecule is CC(C)Nn1c2c(c3c(F)c(F)ccc31)CCC2. The quantitative estimate of drug-likeness (QED) is 0.864. The molecule has 1 aromatic carbocycles. The minimum absolute atomic E-state index is 0.249. The van der Waals surface area contributed by atoms with Crippen molar-refractivity contribution >= 4 is 10.9 Å². The third kappa shape index (κ3) is 1.51. The first-order valence-corrected chi connectivity index (χ1v) is 6.36. The van der Waals surface area contributed by atoms with Gasteiger partial charge in [0.25, 0.3) is 0 Å². The smallest absolute Gasteiger partial charge is 0.168 e. The maximum atomic E-state index is 14.0. The average Bonchev–Trinajstić information content (AvgIpc) is 2.86. The number of fused-ring (bicyclic) bond motifs is 3. The Morgan fingerprint density at radius 1 is 1.22 bits per heavy atom. The molecule has 0 radical (unpaired) electrons. The number of nitrogens with zero attached hydrogens (tertiary/aromatic N) is 1. The van der Waals surface area contributed by atoms with E-state index in [1.807, 2.05) is 18.5 Å². The van der Waals surface area contributed by atoms with Crippen molar-refractivity contribution < 1.29 is 8.78 Å². The molecule has 18 heavy (non-hydrogen) atoms. The van der Waals surface area contributed by atoms with Crippen molar-refractivity contribution in [3.8, 4) is 0 Å². The third-order valence-electron chi connectivity index (χ3n) is 3.46. The van der Waals surface area contributed by atoms with E-state index in [2.05, 4.69) is 5.43 Å².